The highest BCUT2D eigenvalue weighted by Crippen LogP contribution is 2.41. The molecule has 0 aliphatic heterocycles. The van der Waals surface area contributed by atoms with Gasteiger partial charge in [-0.3, -0.25) is 0 Å². The number of ether oxygens (including phenoxy) is 2. The largest absolute Gasteiger partial charge is 0.497 e. The second-order valence-electron chi connectivity index (χ2n) is 6.13. The average Bonchev–Trinajstić information content (AvgIpc) is 2.76. The fourth-order valence-electron chi connectivity index (χ4n) is 3.74. The first kappa shape index (κ1) is 16.3. The summed E-state index contributed by atoms with van der Waals surface area (Å²) in [6.07, 6.45) is 7.40. The molecule has 1 fully saturated rings. The van der Waals surface area contributed by atoms with Gasteiger partial charge in [0.25, 0.3) is 0 Å². The van der Waals surface area contributed by atoms with Gasteiger partial charge in [-0.25, -0.2) is 0 Å². The Hall–Kier alpha value is -1.06. The van der Waals surface area contributed by atoms with Crippen molar-refractivity contribution >= 4 is 0 Å². The standard InChI is InChI=1S/C18H29NO2/c1-14-13-15(20-3)9-10-16(14)17(19-2)18(21-4)11-7-5-6-8-12-18/h9-10,13,17,19H,5-8,11-12H2,1-4H3. The van der Waals surface area contributed by atoms with E-state index in [1.807, 2.05) is 20.2 Å². The van der Waals surface area contributed by atoms with Crippen LogP contribution in [0.4, 0.5) is 0 Å². The van der Waals surface area contributed by atoms with E-state index in [4.69, 9.17) is 9.47 Å². The Morgan fingerprint density at radius 2 is 1.76 bits per heavy atom. The van der Waals surface area contributed by atoms with Gasteiger partial charge in [-0.15, -0.1) is 0 Å². The van der Waals surface area contributed by atoms with Crippen molar-refractivity contribution in [1.29, 1.82) is 0 Å². The van der Waals surface area contributed by atoms with Crippen LogP contribution in [0.3, 0.4) is 0 Å². The lowest BCUT2D eigenvalue weighted by Crippen LogP contribution is -2.44. The minimum Gasteiger partial charge on any atom is -0.497 e. The molecule has 1 aromatic rings. The minimum atomic E-state index is -0.0927. The van der Waals surface area contributed by atoms with E-state index in [0.717, 1.165) is 18.6 Å². The highest BCUT2D eigenvalue weighted by Gasteiger charge is 2.39. The fraction of sp³-hybridized carbons (Fsp3) is 0.667. The summed E-state index contributed by atoms with van der Waals surface area (Å²) in [6, 6.07) is 6.57. The van der Waals surface area contributed by atoms with Gasteiger partial charge in [-0.1, -0.05) is 31.7 Å². The van der Waals surface area contributed by atoms with E-state index in [9.17, 15) is 0 Å². The Bertz CT molecular complexity index is 451. The Morgan fingerprint density at radius 1 is 1.10 bits per heavy atom. The number of rotatable bonds is 5. The predicted octanol–water partition coefficient (Wildman–Crippen LogP) is 4.00. The minimum absolute atomic E-state index is 0.0927. The molecular weight excluding hydrogens is 262 g/mol. The fourth-order valence-corrected chi connectivity index (χ4v) is 3.74. The van der Waals surface area contributed by atoms with E-state index in [0.29, 0.717) is 0 Å². The van der Waals surface area contributed by atoms with Crippen molar-refractivity contribution in [2.24, 2.45) is 0 Å². The van der Waals surface area contributed by atoms with Crippen molar-refractivity contribution in [2.75, 3.05) is 21.3 Å². The zero-order valence-corrected chi connectivity index (χ0v) is 13.9. The zero-order chi connectivity index (χ0) is 15.3. The molecule has 3 nitrogen and oxygen atoms in total. The molecule has 2 rings (SSSR count). The number of methoxy groups -OCH3 is 2. The molecule has 0 saturated heterocycles. The lowest BCUT2D eigenvalue weighted by atomic mass is 9.81. The van der Waals surface area contributed by atoms with Gasteiger partial charge in [0.2, 0.25) is 0 Å². The molecule has 21 heavy (non-hydrogen) atoms. The van der Waals surface area contributed by atoms with Crippen LogP contribution in [0.2, 0.25) is 0 Å². The van der Waals surface area contributed by atoms with Crippen molar-refractivity contribution in [3.05, 3.63) is 29.3 Å². The topological polar surface area (TPSA) is 30.5 Å². The van der Waals surface area contributed by atoms with Gasteiger partial charge in [-0.2, -0.15) is 0 Å². The van der Waals surface area contributed by atoms with E-state index in [1.54, 1.807) is 7.11 Å². The smallest absolute Gasteiger partial charge is 0.119 e. The second kappa shape index (κ2) is 7.28. The van der Waals surface area contributed by atoms with Crippen LogP contribution in [0.25, 0.3) is 0 Å². The first-order valence-corrected chi connectivity index (χ1v) is 8.04. The zero-order valence-electron chi connectivity index (χ0n) is 13.9. The number of nitrogens with one attached hydrogen (secondary N) is 1. The van der Waals surface area contributed by atoms with Crippen molar-refractivity contribution in [3.8, 4) is 5.75 Å². The van der Waals surface area contributed by atoms with Crippen LogP contribution in [0.5, 0.6) is 5.75 Å². The lowest BCUT2D eigenvalue weighted by molar-refractivity contribution is -0.0524. The van der Waals surface area contributed by atoms with Crippen molar-refractivity contribution < 1.29 is 9.47 Å². The van der Waals surface area contributed by atoms with Gasteiger partial charge in [0, 0.05) is 7.11 Å². The van der Waals surface area contributed by atoms with Crippen LogP contribution >= 0.6 is 0 Å². The number of aryl methyl sites for hydroxylation is 1. The summed E-state index contributed by atoms with van der Waals surface area (Å²) >= 11 is 0. The SMILES string of the molecule is CNC(c1ccc(OC)cc1C)C1(OC)CCCCCC1. The molecular formula is C18H29NO2. The molecule has 0 spiro atoms. The molecule has 1 aliphatic carbocycles. The Balaban J connectivity index is 2.36. The van der Waals surface area contributed by atoms with Gasteiger partial charge in [0.05, 0.1) is 18.8 Å². The molecule has 1 atom stereocenters. The quantitative estimate of drug-likeness (QED) is 0.832. The average molecular weight is 291 g/mol. The monoisotopic (exact) mass is 291 g/mol. The summed E-state index contributed by atoms with van der Waals surface area (Å²) in [7, 11) is 5.63. The first-order valence-electron chi connectivity index (χ1n) is 8.04. The molecule has 1 aromatic carbocycles. The first-order chi connectivity index (χ1) is 10.2. The summed E-state index contributed by atoms with van der Waals surface area (Å²) < 4.78 is 11.4. The molecule has 1 N–H and O–H groups in total. The van der Waals surface area contributed by atoms with Crippen LogP contribution < -0.4 is 10.1 Å². The van der Waals surface area contributed by atoms with Gasteiger partial charge in [0.15, 0.2) is 0 Å². The van der Waals surface area contributed by atoms with E-state index < -0.39 is 0 Å². The van der Waals surface area contributed by atoms with Crippen molar-refractivity contribution in [3.63, 3.8) is 0 Å². The van der Waals surface area contributed by atoms with Gasteiger partial charge < -0.3 is 14.8 Å². The molecule has 1 unspecified atom stereocenters. The second-order valence-corrected chi connectivity index (χ2v) is 6.13. The summed E-state index contributed by atoms with van der Waals surface area (Å²) in [4.78, 5) is 0. The van der Waals surface area contributed by atoms with Crippen molar-refractivity contribution in [2.45, 2.75) is 57.1 Å². The molecule has 118 valence electrons. The normalized spacial score (nSPS) is 19.8. The maximum atomic E-state index is 6.08. The van der Waals surface area contributed by atoms with E-state index in [1.165, 1.54) is 36.8 Å². The number of benzene rings is 1. The predicted molar refractivity (Wildman–Crippen MR) is 87.0 cm³/mol. The highest BCUT2D eigenvalue weighted by molar-refractivity contribution is 5.38. The Morgan fingerprint density at radius 3 is 2.24 bits per heavy atom. The Kier molecular flexibility index (Phi) is 5.65. The van der Waals surface area contributed by atoms with Crippen LogP contribution in [0.15, 0.2) is 18.2 Å². The molecule has 1 saturated carbocycles. The summed E-state index contributed by atoms with van der Waals surface area (Å²) in [5, 5.41) is 3.52. The molecule has 0 amide bonds. The molecule has 0 aromatic heterocycles. The van der Waals surface area contributed by atoms with Gasteiger partial charge in [-0.05, 0) is 50.1 Å². The summed E-state index contributed by atoms with van der Waals surface area (Å²) in [6.45, 7) is 2.16. The lowest BCUT2D eigenvalue weighted by Gasteiger charge is -2.40. The van der Waals surface area contributed by atoms with Crippen LogP contribution in [-0.2, 0) is 4.74 Å². The van der Waals surface area contributed by atoms with Crippen LogP contribution in [-0.4, -0.2) is 26.9 Å². The number of hydrogen-bond acceptors (Lipinski definition) is 3. The van der Waals surface area contributed by atoms with Crippen LogP contribution in [0.1, 0.15) is 55.7 Å². The molecule has 3 heteroatoms. The maximum Gasteiger partial charge on any atom is 0.119 e. The van der Waals surface area contributed by atoms with Crippen LogP contribution in [0, 0.1) is 6.92 Å². The van der Waals surface area contributed by atoms with Gasteiger partial charge in [0.1, 0.15) is 5.75 Å². The van der Waals surface area contributed by atoms with Gasteiger partial charge >= 0.3 is 0 Å². The molecule has 0 heterocycles. The molecule has 1 aliphatic rings. The van der Waals surface area contributed by atoms with Crippen molar-refractivity contribution in [1.82, 2.24) is 5.32 Å². The summed E-state index contributed by atoms with van der Waals surface area (Å²) in [5.74, 6) is 0.915. The molecule has 0 bridgehead atoms. The molecule has 0 radical (unpaired) electrons. The third-order valence-electron chi connectivity index (χ3n) is 4.96. The van der Waals surface area contributed by atoms with E-state index >= 15 is 0 Å². The number of likely N-dealkylation sites (N-methyl/N-ethyl adjacent to an activating group) is 1. The maximum absolute atomic E-state index is 6.08. The summed E-state index contributed by atoms with van der Waals surface area (Å²) in [5.41, 5.74) is 2.49. The van der Waals surface area contributed by atoms with E-state index in [-0.39, 0.29) is 11.6 Å². The highest BCUT2D eigenvalue weighted by atomic mass is 16.5. The third-order valence-corrected chi connectivity index (χ3v) is 4.96. The Labute approximate surface area is 129 Å². The number of hydrogen-bond donors (Lipinski definition) is 1. The van der Waals surface area contributed by atoms with E-state index in [2.05, 4.69) is 24.4 Å². The third kappa shape index (κ3) is 3.41.